The van der Waals surface area contributed by atoms with Crippen molar-refractivity contribution in [3.8, 4) is 0 Å². The van der Waals surface area contributed by atoms with Crippen LogP contribution in [0, 0.1) is 0 Å². The maximum absolute atomic E-state index is 6.02. The fourth-order valence-electron chi connectivity index (χ4n) is 2.45. The van der Waals surface area contributed by atoms with Gasteiger partial charge in [0.05, 0.1) is 15.2 Å². The van der Waals surface area contributed by atoms with E-state index in [9.17, 15) is 0 Å². The van der Waals surface area contributed by atoms with E-state index in [1.54, 1.807) is 0 Å². The molecule has 0 aliphatic rings. The molecule has 0 nitrogen and oxygen atoms in total. The van der Waals surface area contributed by atoms with Gasteiger partial charge in [-0.3, -0.25) is 0 Å². The van der Waals surface area contributed by atoms with Crippen LogP contribution in [-0.2, 0) is 0 Å². The summed E-state index contributed by atoms with van der Waals surface area (Å²) >= 11 is 12.0. The van der Waals surface area contributed by atoms with Crippen LogP contribution in [0.5, 0.6) is 0 Å². The van der Waals surface area contributed by atoms with Gasteiger partial charge in [-0.1, -0.05) is 84.0 Å². The summed E-state index contributed by atoms with van der Waals surface area (Å²) in [6.45, 7) is 9.88. The van der Waals surface area contributed by atoms with Crippen LogP contribution in [0.2, 0.25) is 36.2 Å². The van der Waals surface area contributed by atoms with Crippen LogP contribution in [0.25, 0.3) is 0 Å². The first kappa shape index (κ1) is 15.8. The Kier molecular flexibility index (Phi) is 4.50. The molecular formula is C16H20Cl2Si2. The summed E-state index contributed by atoms with van der Waals surface area (Å²) in [6, 6.07) is 16.9. The lowest BCUT2D eigenvalue weighted by molar-refractivity contribution is 1.68. The molecule has 2 aromatic rings. The summed E-state index contributed by atoms with van der Waals surface area (Å²) in [7, 11) is -3.10. The van der Waals surface area contributed by atoms with E-state index in [2.05, 4.69) is 50.5 Å². The molecule has 0 bridgehead atoms. The smallest absolute Gasteiger partial charge is 0.0791 e. The summed E-state index contributed by atoms with van der Waals surface area (Å²) in [5, 5.41) is 4.58. The fourth-order valence-corrected chi connectivity index (χ4v) is 11.5. The monoisotopic (exact) mass is 338 g/mol. The van der Waals surface area contributed by atoms with Gasteiger partial charge in [0.1, 0.15) is 0 Å². The SMILES string of the molecule is C[Si](C)(c1ccc(Cl)cc1)[Si](C)(C)c1ccc(Cl)cc1. The highest BCUT2D eigenvalue weighted by Crippen LogP contribution is 2.21. The van der Waals surface area contributed by atoms with Crippen molar-refractivity contribution in [1.82, 2.24) is 0 Å². The van der Waals surface area contributed by atoms with Gasteiger partial charge in [-0.05, 0) is 24.3 Å². The van der Waals surface area contributed by atoms with E-state index in [1.165, 1.54) is 10.4 Å². The number of benzene rings is 2. The van der Waals surface area contributed by atoms with Crippen LogP contribution >= 0.6 is 23.2 Å². The van der Waals surface area contributed by atoms with Gasteiger partial charge >= 0.3 is 0 Å². The molecule has 2 aromatic carbocycles. The molecule has 0 atom stereocenters. The average molecular weight is 339 g/mol. The van der Waals surface area contributed by atoms with Crippen molar-refractivity contribution in [2.45, 2.75) is 26.2 Å². The highest BCUT2D eigenvalue weighted by atomic mass is 35.5. The third kappa shape index (κ3) is 2.89. The first-order chi connectivity index (χ1) is 9.25. The van der Waals surface area contributed by atoms with Crippen LogP contribution in [-0.4, -0.2) is 15.2 Å². The first-order valence-electron chi connectivity index (χ1n) is 6.77. The number of hydrogen-bond donors (Lipinski definition) is 0. The Balaban J connectivity index is 2.45. The molecule has 4 heteroatoms. The minimum Gasteiger partial charge on any atom is -0.0843 e. The third-order valence-corrected chi connectivity index (χ3v) is 23.0. The molecule has 0 unspecified atom stereocenters. The lowest BCUT2D eigenvalue weighted by Crippen LogP contribution is -2.69. The highest BCUT2D eigenvalue weighted by Gasteiger charge is 2.43. The Morgan fingerprint density at radius 2 is 0.800 bits per heavy atom. The molecule has 0 amide bonds. The standard InChI is InChI=1S/C16H20Cl2Si2/c1-19(2,15-9-5-13(17)6-10-15)20(3,4)16-11-7-14(18)8-12-16/h5-12H,1-4H3. The van der Waals surface area contributed by atoms with Crippen molar-refractivity contribution < 1.29 is 0 Å². The van der Waals surface area contributed by atoms with Gasteiger partial charge in [0.15, 0.2) is 0 Å². The Bertz CT molecular complexity index is 531. The summed E-state index contributed by atoms with van der Waals surface area (Å²) < 4.78 is 0. The summed E-state index contributed by atoms with van der Waals surface area (Å²) in [5.41, 5.74) is 0. The van der Waals surface area contributed by atoms with Crippen molar-refractivity contribution in [3.05, 3.63) is 58.6 Å². The Hall–Kier alpha value is -0.546. The first-order valence-corrected chi connectivity index (χ1v) is 14.5. The quantitative estimate of drug-likeness (QED) is 0.717. The molecule has 0 saturated carbocycles. The average Bonchev–Trinajstić information content (AvgIpc) is 2.39. The molecular weight excluding hydrogens is 319 g/mol. The predicted octanol–water partition coefficient (Wildman–Crippen LogP) is 4.60. The minimum absolute atomic E-state index is 0.810. The van der Waals surface area contributed by atoms with Gasteiger partial charge in [-0.15, -0.1) is 0 Å². The summed E-state index contributed by atoms with van der Waals surface area (Å²) in [5.74, 6) is 0. The third-order valence-electron chi connectivity index (χ3n) is 4.69. The zero-order valence-electron chi connectivity index (χ0n) is 12.4. The molecule has 0 fully saturated rings. The maximum Gasteiger partial charge on any atom is 0.0791 e. The van der Waals surface area contributed by atoms with Crippen molar-refractivity contribution in [3.63, 3.8) is 0 Å². The molecule has 0 spiro atoms. The van der Waals surface area contributed by atoms with Gasteiger partial charge < -0.3 is 0 Å². The van der Waals surface area contributed by atoms with Crippen LogP contribution in [0.1, 0.15) is 0 Å². The lowest BCUT2D eigenvalue weighted by atomic mass is 10.4. The molecule has 0 aliphatic carbocycles. The van der Waals surface area contributed by atoms with Crippen molar-refractivity contribution in [2.75, 3.05) is 0 Å². The van der Waals surface area contributed by atoms with Crippen molar-refractivity contribution in [2.24, 2.45) is 0 Å². The van der Waals surface area contributed by atoms with E-state index in [4.69, 9.17) is 23.2 Å². The molecule has 20 heavy (non-hydrogen) atoms. The van der Waals surface area contributed by atoms with Gasteiger partial charge in [0, 0.05) is 10.0 Å². The van der Waals surface area contributed by atoms with E-state index in [0.717, 1.165) is 10.0 Å². The predicted molar refractivity (Wildman–Crippen MR) is 97.1 cm³/mol. The Labute approximate surface area is 133 Å². The van der Waals surface area contributed by atoms with Gasteiger partial charge in [-0.2, -0.15) is 0 Å². The summed E-state index contributed by atoms with van der Waals surface area (Å²) in [4.78, 5) is 0. The van der Waals surface area contributed by atoms with E-state index < -0.39 is 15.2 Å². The Morgan fingerprint density at radius 3 is 1.05 bits per heavy atom. The van der Waals surface area contributed by atoms with E-state index in [0.29, 0.717) is 0 Å². The highest BCUT2D eigenvalue weighted by molar-refractivity contribution is 7.49. The van der Waals surface area contributed by atoms with Gasteiger partial charge in [0.25, 0.3) is 0 Å². The summed E-state index contributed by atoms with van der Waals surface area (Å²) in [6.07, 6.45) is 0. The largest absolute Gasteiger partial charge is 0.0843 e. The van der Waals surface area contributed by atoms with E-state index in [1.807, 2.05) is 24.3 Å². The number of halogens is 2. The lowest BCUT2D eigenvalue weighted by Gasteiger charge is -2.39. The zero-order valence-corrected chi connectivity index (χ0v) is 15.9. The van der Waals surface area contributed by atoms with Crippen LogP contribution in [0.3, 0.4) is 0 Å². The second kappa shape index (κ2) is 5.68. The molecule has 0 aliphatic heterocycles. The molecule has 106 valence electrons. The number of rotatable bonds is 3. The minimum atomic E-state index is -1.55. The molecule has 0 aromatic heterocycles. The topological polar surface area (TPSA) is 0 Å². The molecule has 0 heterocycles. The van der Waals surface area contributed by atoms with E-state index >= 15 is 0 Å². The van der Waals surface area contributed by atoms with Gasteiger partial charge in [0.2, 0.25) is 0 Å². The molecule has 0 saturated heterocycles. The van der Waals surface area contributed by atoms with Crippen LogP contribution < -0.4 is 10.4 Å². The normalized spacial score (nSPS) is 12.5. The van der Waals surface area contributed by atoms with Crippen molar-refractivity contribution in [1.29, 1.82) is 0 Å². The number of hydrogen-bond acceptors (Lipinski definition) is 0. The molecule has 0 N–H and O–H groups in total. The maximum atomic E-state index is 6.02. The molecule has 0 radical (unpaired) electrons. The van der Waals surface area contributed by atoms with Crippen molar-refractivity contribution >= 4 is 48.8 Å². The van der Waals surface area contributed by atoms with Gasteiger partial charge in [-0.25, -0.2) is 0 Å². The second-order valence-electron chi connectivity index (χ2n) is 6.26. The van der Waals surface area contributed by atoms with E-state index in [-0.39, 0.29) is 0 Å². The fraction of sp³-hybridized carbons (Fsp3) is 0.250. The molecule has 2 rings (SSSR count). The second-order valence-corrected chi connectivity index (χ2v) is 22.3. The van der Waals surface area contributed by atoms with Crippen LogP contribution in [0.15, 0.2) is 48.5 Å². The Morgan fingerprint density at radius 1 is 0.550 bits per heavy atom. The zero-order chi connectivity index (χ0) is 15.0. The van der Waals surface area contributed by atoms with Crippen LogP contribution in [0.4, 0.5) is 0 Å².